The largest absolute Gasteiger partial charge is 0.573 e. The lowest BCUT2D eigenvalue weighted by Gasteiger charge is -2.71. The average Bonchev–Trinajstić information content (AvgIpc) is 3.41. The highest BCUT2D eigenvalue weighted by Gasteiger charge is 2.74. The number of hydrogen-bond donors (Lipinski definition) is 3. The summed E-state index contributed by atoms with van der Waals surface area (Å²) in [5.74, 6) is 0.0284. The molecule has 7 aliphatic rings. The minimum absolute atomic E-state index is 0.00689. The molecule has 2 aromatic rings. The molecule has 0 aromatic heterocycles. The number of ketones is 1. The number of para-hydroxylation sites is 1. The number of fused-ring (bicyclic) bond motifs is 1. The summed E-state index contributed by atoms with van der Waals surface area (Å²) < 4.78 is 42.8. The lowest BCUT2D eigenvalue weighted by Crippen LogP contribution is -2.67. The van der Waals surface area contributed by atoms with E-state index < -0.39 is 34.9 Å². The minimum atomic E-state index is -4.82. The Morgan fingerprint density at radius 1 is 0.870 bits per heavy atom. The number of urea groups is 1. The molecule has 7 aliphatic carbocycles. The van der Waals surface area contributed by atoms with Gasteiger partial charge in [-0.25, -0.2) is 4.79 Å². The maximum absolute atomic E-state index is 14.9. The van der Waals surface area contributed by atoms with Gasteiger partial charge >= 0.3 is 12.4 Å². The molecule has 0 heterocycles. The maximum atomic E-state index is 14.9. The van der Waals surface area contributed by atoms with Gasteiger partial charge in [0, 0.05) is 40.0 Å². The van der Waals surface area contributed by atoms with E-state index in [4.69, 9.17) is 0 Å². The van der Waals surface area contributed by atoms with E-state index >= 15 is 0 Å². The van der Waals surface area contributed by atoms with Gasteiger partial charge in [-0.3, -0.25) is 4.79 Å². The van der Waals surface area contributed by atoms with Crippen LogP contribution in [0.15, 0.2) is 78.4 Å². The first-order valence-corrected chi connectivity index (χ1v) is 20.0. The highest BCUT2D eigenvalue weighted by molar-refractivity contribution is 6.00. The highest BCUT2D eigenvalue weighted by Crippen LogP contribution is 2.78. The van der Waals surface area contributed by atoms with Gasteiger partial charge in [-0.15, -0.1) is 13.2 Å². The smallest absolute Gasteiger partial charge is 0.406 e. The molecule has 2 amide bonds. The Balaban J connectivity index is 1.15. The van der Waals surface area contributed by atoms with E-state index in [0.717, 1.165) is 63.4 Å². The SMILES string of the molecule is CC12CCC(O)CC13C=CC1(C(C(=O)C4CCCCC4)=C3)C2CCC2(C)C1CCC2(O)CN(Cc1ccc(OC(F)(F)F)cc1)C(=O)Nc1ccccc1. The van der Waals surface area contributed by atoms with E-state index in [9.17, 15) is 33.0 Å². The fraction of sp³-hybridized carbons (Fsp3) is 0.591. The molecule has 0 radical (unpaired) electrons. The van der Waals surface area contributed by atoms with Crippen molar-refractivity contribution in [3.8, 4) is 5.75 Å². The lowest BCUT2D eigenvalue weighted by molar-refractivity contribution is -0.274. The highest BCUT2D eigenvalue weighted by atomic mass is 19.4. The molecule has 0 saturated heterocycles. The van der Waals surface area contributed by atoms with Gasteiger partial charge in [0.05, 0.1) is 18.2 Å². The first-order valence-electron chi connectivity index (χ1n) is 20.0. The van der Waals surface area contributed by atoms with Crippen molar-refractivity contribution in [2.24, 2.45) is 39.4 Å². The van der Waals surface area contributed by atoms with E-state index in [1.54, 1.807) is 17.0 Å². The molecule has 2 spiro atoms. The summed E-state index contributed by atoms with van der Waals surface area (Å²) in [4.78, 5) is 30.6. The first-order chi connectivity index (χ1) is 25.6. The standard InChI is InChI=1S/C44H53F3N2O5/c1-39-20-17-32(50)25-41(39)23-24-43(34(26-41)37(51)30-9-5-3-6-10-30)35(39)18-21-40(2)36(43)19-22-42(40,53)28-49(38(52)48-31-11-7-4-8-12-31)27-29-13-15-33(16-14-29)54-44(45,46)47/h4,7-8,11-16,23-24,26,30,32,35-36,50,53H,3,5-6,9-10,17-22,25,27-28H2,1-2H3,(H,48,52). The molecular formula is C44H53F3N2O5. The van der Waals surface area contributed by atoms with E-state index in [1.165, 1.54) is 24.3 Å². The number of Topliss-reactive ketones (excluding diaryl/α,β-unsaturated/α-hetero) is 1. The second kappa shape index (κ2) is 13.2. The van der Waals surface area contributed by atoms with E-state index in [0.29, 0.717) is 30.5 Å². The minimum Gasteiger partial charge on any atom is -0.406 e. The molecule has 8 unspecified atom stereocenters. The molecule has 290 valence electrons. The summed E-state index contributed by atoms with van der Waals surface area (Å²) in [6, 6.07) is 14.1. The normalized spacial score (nSPS) is 37.1. The Kier molecular flexibility index (Phi) is 9.15. The number of hydrogen-bond acceptors (Lipinski definition) is 5. The van der Waals surface area contributed by atoms with Crippen LogP contribution in [0.3, 0.4) is 0 Å². The summed E-state index contributed by atoms with van der Waals surface area (Å²) >= 11 is 0. The van der Waals surface area contributed by atoms with Crippen molar-refractivity contribution < 1.29 is 37.7 Å². The van der Waals surface area contributed by atoms with Crippen molar-refractivity contribution >= 4 is 17.5 Å². The Bertz CT molecular complexity index is 1820. The van der Waals surface area contributed by atoms with Gasteiger partial charge in [0.15, 0.2) is 5.78 Å². The third-order valence-electron chi connectivity index (χ3n) is 15.2. The Hall–Kier alpha value is -3.63. The Morgan fingerprint density at radius 2 is 1.54 bits per heavy atom. The summed E-state index contributed by atoms with van der Waals surface area (Å²) in [7, 11) is 0. The zero-order valence-electron chi connectivity index (χ0n) is 31.3. The number of ether oxygens (including phenoxy) is 1. The number of nitrogens with one attached hydrogen (secondary N) is 1. The predicted molar refractivity (Wildman–Crippen MR) is 199 cm³/mol. The Labute approximate surface area is 316 Å². The van der Waals surface area contributed by atoms with Gasteiger partial charge in [-0.1, -0.05) is 81.7 Å². The summed E-state index contributed by atoms with van der Waals surface area (Å²) in [5, 5.41) is 27.1. The van der Waals surface area contributed by atoms with Gasteiger partial charge in [0.2, 0.25) is 0 Å². The van der Waals surface area contributed by atoms with Gasteiger partial charge < -0.3 is 25.2 Å². The van der Waals surface area contributed by atoms with Crippen molar-refractivity contribution in [3.05, 3.63) is 84.0 Å². The van der Waals surface area contributed by atoms with Gasteiger partial charge in [-0.05, 0) is 105 Å². The van der Waals surface area contributed by atoms with Gasteiger partial charge in [0.25, 0.3) is 0 Å². The third-order valence-corrected chi connectivity index (χ3v) is 15.2. The number of amides is 2. The molecule has 9 rings (SSSR count). The second-order valence-electron chi connectivity index (χ2n) is 17.9. The summed E-state index contributed by atoms with van der Waals surface area (Å²) in [6.07, 6.45) is 11.7. The van der Waals surface area contributed by atoms with E-state index in [2.05, 4.69) is 42.1 Å². The molecule has 4 fully saturated rings. The number of alkyl halides is 3. The zero-order chi connectivity index (χ0) is 38.1. The molecule has 10 heteroatoms. The monoisotopic (exact) mass is 746 g/mol. The maximum Gasteiger partial charge on any atom is 0.573 e. The fourth-order valence-corrected chi connectivity index (χ4v) is 12.5. The molecule has 2 aromatic carbocycles. The van der Waals surface area contributed by atoms with Crippen LogP contribution in [0.5, 0.6) is 5.75 Å². The number of anilines is 1. The van der Waals surface area contributed by atoms with Crippen molar-refractivity contribution in [2.45, 2.75) is 116 Å². The number of nitrogens with zero attached hydrogens (tertiary/aromatic N) is 1. The van der Waals surface area contributed by atoms with Gasteiger partial charge in [0.1, 0.15) is 5.75 Å². The van der Waals surface area contributed by atoms with Crippen LogP contribution in [0, 0.1) is 39.4 Å². The van der Waals surface area contributed by atoms with Crippen LogP contribution >= 0.6 is 0 Å². The molecule has 3 N–H and O–H groups in total. The number of carbonyl (C=O) groups excluding carboxylic acids is 2. The first kappa shape index (κ1) is 37.3. The molecule has 4 saturated carbocycles. The number of benzene rings is 2. The quantitative estimate of drug-likeness (QED) is 0.234. The van der Waals surface area contributed by atoms with Crippen molar-refractivity contribution in [1.29, 1.82) is 0 Å². The molecule has 2 bridgehead atoms. The fourth-order valence-electron chi connectivity index (χ4n) is 12.5. The number of halogens is 3. The van der Waals surface area contributed by atoms with Crippen molar-refractivity contribution in [1.82, 2.24) is 4.90 Å². The lowest BCUT2D eigenvalue weighted by atomic mass is 9.32. The van der Waals surface area contributed by atoms with Crippen molar-refractivity contribution in [3.63, 3.8) is 0 Å². The van der Waals surface area contributed by atoms with Crippen molar-refractivity contribution in [2.75, 3.05) is 11.9 Å². The van der Waals surface area contributed by atoms with Gasteiger partial charge in [-0.2, -0.15) is 0 Å². The molecule has 7 nitrogen and oxygen atoms in total. The number of allylic oxidation sites excluding steroid dienone is 4. The predicted octanol–water partition coefficient (Wildman–Crippen LogP) is 9.36. The molecular weight excluding hydrogens is 693 g/mol. The van der Waals surface area contributed by atoms with Crippen LogP contribution < -0.4 is 10.1 Å². The van der Waals surface area contributed by atoms with Crippen LogP contribution in [0.1, 0.15) is 96.5 Å². The van der Waals surface area contributed by atoms with Crippen LogP contribution in [0.4, 0.5) is 23.7 Å². The summed E-state index contributed by atoms with van der Waals surface area (Å²) in [6.45, 7) is 4.60. The molecule has 0 aliphatic heterocycles. The average molecular weight is 747 g/mol. The van der Waals surface area contributed by atoms with Crippen LogP contribution in [-0.2, 0) is 11.3 Å². The van der Waals surface area contributed by atoms with Crippen LogP contribution in [-0.4, -0.2) is 51.5 Å². The summed E-state index contributed by atoms with van der Waals surface area (Å²) in [5.41, 5.74) is -0.958. The topological polar surface area (TPSA) is 99.1 Å². The second-order valence-corrected chi connectivity index (χ2v) is 17.9. The van der Waals surface area contributed by atoms with Crippen LogP contribution in [0.2, 0.25) is 0 Å². The van der Waals surface area contributed by atoms with Crippen LogP contribution in [0.25, 0.3) is 0 Å². The molecule has 8 atom stereocenters. The zero-order valence-corrected chi connectivity index (χ0v) is 31.3. The number of rotatable bonds is 8. The number of aliphatic hydroxyl groups is 2. The number of carbonyl (C=O) groups is 2. The third kappa shape index (κ3) is 5.92. The van der Waals surface area contributed by atoms with E-state index in [-0.39, 0.29) is 53.2 Å². The van der Waals surface area contributed by atoms with E-state index in [1.807, 2.05) is 18.2 Å². The number of aliphatic hydroxyl groups excluding tert-OH is 1. The Morgan fingerprint density at radius 3 is 2.24 bits per heavy atom. The molecule has 54 heavy (non-hydrogen) atoms.